The van der Waals surface area contributed by atoms with Gasteiger partial charge >= 0.3 is 0 Å². The van der Waals surface area contributed by atoms with Crippen LogP contribution in [0.4, 0.5) is 8.78 Å². The van der Waals surface area contributed by atoms with Gasteiger partial charge in [0.1, 0.15) is 4.21 Å². The number of hydrogen-bond donors (Lipinski definition) is 2. The molecule has 0 aliphatic rings. The van der Waals surface area contributed by atoms with Crippen molar-refractivity contribution in [2.45, 2.75) is 17.2 Å². The van der Waals surface area contributed by atoms with Crippen molar-refractivity contribution in [2.24, 2.45) is 0 Å². The number of halogens is 2. The Morgan fingerprint density at radius 2 is 2.12 bits per heavy atom. The van der Waals surface area contributed by atoms with Gasteiger partial charge in [-0.05, 0) is 19.2 Å². The predicted molar refractivity (Wildman–Crippen MR) is 58.3 cm³/mol. The summed E-state index contributed by atoms with van der Waals surface area (Å²) >= 11 is 1.06. The van der Waals surface area contributed by atoms with Crippen molar-refractivity contribution in [3.05, 3.63) is 17.0 Å². The number of hydrogen-bond acceptors (Lipinski definition) is 4. The second-order valence-corrected chi connectivity index (χ2v) is 6.16. The first-order valence-corrected chi connectivity index (χ1v) is 6.77. The highest BCUT2D eigenvalue weighted by atomic mass is 32.2. The standard InChI is InChI=1S/C8H12F2N2O2S2/c1-11-4-6-2-3-8(15-6)16(13,14)12-5-7(9)10/h2-3,7,11-12H,4-5H2,1H3. The van der Waals surface area contributed by atoms with Gasteiger partial charge in [0.25, 0.3) is 6.43 Å². The topological polar surface area (TPSA) is 58.2 Å². The lowest BCUT2D eigenvalue weighted by Crippen LogP contribution is -2.27. The van der Waals surface area contributed by atoms with E-state index in [2.05, 4.69) is 5.32 Å². The highest BCUT2D eigenvalue weighted by molar-refractivity contribution is 7.91. The molecule has 92 valence electrons. The van der Waals surface area contributed by atoms with Crippen molar-refractivity contribution in [3.8, 4) is 0 Å². The van der Waals surface area contributed by atoms with E-state index in [1.807, 2.05) is 4.72 Å². The maximum absolute atomic E-state index is 11.9. The summed E-state index contributed by atoms with van der Waals surface area (Å²) in [4.78, 5) is 0.833. The van der Waals surface area contributed by atoms with Gasteiger partial charge in [0, 0.05) is 11.4 Å². The molecule has 1 aromatic rings. The van der Waals surface area contributed by atoms with Gasteiger partial charge in [0.2, 0.25) is 10.0 Å². The second kappa shape index (κ2) is 5.67. The fraction of sp³-hybridized carbons (Fsp3) is 0.500. The monoisotopic (exact) mass is 270 g/mol. The Hall–Kier alpha value is -0.570. The van der Waals surface area contributed by atoms with Crippen LogP contribution in [0.15, 0.2) is 16.3 Å². The summed E-state index contributed by atoms with van der Waals surface area (Å²) in [6.45, 7) is -0.309. The lowest BCUT2D eigenvalue weighted by molar-refractivity contribution is 0.153. The molecule has 0 saturated heterocycles. The molecule has 0 fully saturated rings. The number of thiophene rings is 1. The van der Waals surface area contributed by atoms with Crippen molar-refractivity contribution in [3.63, 3.8) is 0 Å². The first-order valence-electron chi connectivity index (χ1n) is 4.47. The summed E-state index contributed by atoms with van der Waals surface area (Å²) in [5, 5.41) is 2.87. The van der Waals surface area contributed by atoms with Crippen LogP contribution in [0.3, 0.4) is 0 Å². The summed E-state index contributed by atoms with van der Waals surface area (Å²) in [6, 6.07) is 3.06. The molecule has 1 rings (SSSR count). The third-order valence-corrected chi connectivity index (χ3v) is 4.68. The molecule has 8 heteroatoms. The van der Waals surface area contributed by atoms with Crippen LogP contribution in [0, 0.1) is 0 Å². The minimum Gasteiger partial charge on any atom is -0.315 e. The minimum absolute atomic E-state index is 0.0541. The zero-order valence-electron chi connectivity index (χ0n) is 8.54. The molecule has 4 nitrogen and oxygen atoms in total. The molecular weight excluding hydrogens is 258 g/mol. The van der Waals surface area contributed by atoms with E-state index < -0.39 is 23.0 Å². The first kappa shape index (κ1) is 13.5. The van der Waals surface area contributed by atoms with E-state index in [9.17, 15) is 17.2 Å². The second-order valence-electron chi connectivity index (χ2n) is 2.99. The highest BCUT2D eigenvalue weighted by Crippen LogP contribution is 2.21. The van der Waals surface area contributed by atoms with E-state index in [0.717, 1.165) is 16.2 Å². The minimum atomic E-state index is -3.79. The van der Waals surface area contributed by atoms with Crippen molar-refractivity contribution in [2.75, 3.05) is 13.6 Å². The highest BCUT2D eigenvalue weighted by Gasteiger charge is 2.18. The summed E-state index contributed by atoms with van der Waals surface area (Å²) in [6.07, 6.45) is -2.69. The molecule has 0 bridgehead atoms. The van der Waals surface area contributed by atoms with Crippen molar-refractivity contribution in [1.82, 2.24) is 10.0 Å². The molecule has 0 unspecified atom stereocenters. The Kier molecular flexibility index (Phi) is 4.78. The lowest BCUT2D eigenvalue weighted by atomic mass is 10.5. The molecule has 1 aromatic heterocycles. The van der Waals surface area contributed by atoms with Crippen LogP contribution >= 0.6 is 11.3 Å². The van der Waals surface area contributed by atoms with Crippen LogP contribution < -0.4 is 10.0 Å². The Balaban J connectivity index is 2.74. The molecule has 0 radical (unpaired) electrons. The third kappa shape index (κ3) is 3.78. The van der Waals surface area contributed by atoms with Gasteiger partial charge in [0.15, 0.2) is 0 Å². The fourth-order valence-corrected chi connectivity index (χ4v) is 3.43. The molecule has 0 aliphatic carbocycles. The third-order valence-electron chi connectivity index (χ3n) is 1.68. The Morgan fingerprint density at radius 1 is 1.44 bits per heavy atom. The smallest absolute Gasteiger partial charge is 0.251 e. The van der Waals surface area contributed by atoms with E-state index in [1.54, 1.807) is 13.1 Å². The molecule has 0 spiro atoms. The molecule has 2 N–H and O–H groups in total. The van der Waals surface area contributed by atoms with Crippen LogP contribution in [0.1, 0.15) is 4.88 Å². The van der Waals surface area contributed by atoms with E-state index in [4.69, 9.17) is 0 Å². The van der Waals surface area contributed by atoms with Crippen LogP contribution in [0.5, 0.6) is 0 Å². The van der Waals surface area contributed by atoms with E-state index in [-0.39, 0.29) is 4.21 Å². The predicted octanol–water partition coefficient (Wildman–Crippen LogP) is 1.01. The first-order chi connectivity index (χ1) is 7.45. The molecule has 16 heavy (non-hydrogen) atoms. The van der Waals surface area contributed by atoms with E-state index in [1.165, 1.54) is 6.07 Å². The lowest BCUT2D eigenvalue weighted by Gasteiger charge is -2.03. The Labute approximate surface area is 96.7 Å². The maximum atomic E-state index is 11.9. The molecule has 0 aliphatic heterocycles. The van der Waals surface area contributed by atoms with Gasteiger partial charge in [-0.1, -0.05) is 0 Å². The SMILES string of the molecule is CNCc1ccc(S(=O)(=O)NCC(F)F)s1. The summed E-state index contributed by atoms with van der Waals surface area (Å²) in [5.74, 6) is 0. The molecule has 0 amide bonds. The summed E-state index contributed by atoms with van der Waals surface area (Å²) in [5.41, 5.74) is 0. The Bertz CT molecular complexity index is 431. The van der Waals surface area contributed by atoms with Gasteiger partial charge in [-0.3, -0.25) is 0 Å². The van der Waals surface area contributed by atoms with Crippen molar-refractivity contribution < 1.29 is 17.2 Å². The van der Waals surface area contributed by atoms with Crippen molar-refractivity contribution in [1.29, 1.82) is 0 Å². The average molecular weight is 270 g/mol. The van der Waals surface area contributed by atoms with Gasteiger partial charge in [0.05, 0.1) is 6.54 Å². The van der Waals surface area contributed by atoms with Gasteiger partial charge in [-0.25, -0.2) is 21.9 Å². The van der Waals surface area contributed by atoms with Crippen LogP contribution in [0.2, 0.25) is 0 Å². The van der Waals surface area contributed by atoms with Crippen LogP contribution in [-0.2, 0) is 16.6 Å². The number of alkyl halides is 2. The van der Waals surface area contributed by atoms with Gasteiger partial charge < -0.3 is 5.32 Å². The average Bonchev–Trinajstić information content (AvgIpc) is 2.65. The van der Waals surface area contributed by atoms with Gasteiger partial charge in [-0.2, -0.15) is 0 Å². The molecule has 1 heterocycles. The molecular formula is C8H12F2N2O2S2. The summed E-state index contributed by atoms with van der Waals surface area (Å²) < 4.78 is 48.6. The molecule has 0 aromatic carbocycles. The fourth-order valence-electron chi connectivity index (χ4n) is 1.02. The molecule has 0 atom stereocenters. The largest absolute Gasteiger partial charge is 0.315 e. The Morgan fingerprint density at radius 3 is 2.69 bits per heavy atom. The zero-order valence-corrected chi connectivity index (χ0v) is 10.2. The normalized spacial score (nSPS) is 12.2. The zero-order chi connectivity index (χ0) is 12.2. The van der Waals surface area contributed by atoms with Crippen molar-refractivity contribution >= 4 is 21.4 Å². The van der Waals surface area contributed by atoms with Crippen LogP contribution in [-0.4, -0.2) is 28.4 Å². The van der Waals surface area contributed by atoms with E-state index >= 15 is 0 Å². The van der Waals surface area contributed by atoms with Gasteiger partial charge in [-0.15, -0.1) is 11.3 Å². The van der Waals surface area contributed by atoms with Crippen LogP contribution in [0.25, 0.3) is 0 Å². The molecule has 0 saturated carbocycles. The number of sulfonamides is 1. The quantitative estimate of drug-likeness (QED) is 0.811. The number of nitrogens with one attached hydrogen (secondary N) is 2. The van der Waals surface area contributed by atoms with E-state index in [0.29, 0.717) is 6.54 Å². The maximum Gasteiger partial charge on any atom is 0.251 e. The number of rotatable bonds is 6. The summed E-state index contributed by atoms with van der Waals surface area (Å²) in [7, 11) is -2.05.